The number of Topliss-reactive ketones (excluding diaryl/α,β-unsaturated/α-hetero) is 1. The highest BCUT2D eigenvalue weighted by molar-refractivity contribution is 6.03. The largest absolute Gasteiger partial charge is 0.462 e. The molecule has 1 heterocycles. The third kappa shape index (κ3) is 5.16. The van der Waals surface area contributed by atoms with E-state index in [1.54, 1.807) is 34.7 Å². The topological polar surface area (TPSA) is 92.7 Å². The number of nitrogens with one attached hydrogen (secondary N) is 3. The van der Waals surface area contributed by atoms with Crippen LogP contribution in [0.3, 0.4) is 0 Å². The molecule has 1 aromatic heterocycles. The van der Waals surface area contributed by atoms with E-state index >= 15 is 0 Å². The van der Waals surface area contributed by atoms with Crippen LogP contribution in [0.4, 0.5) is 0 Å². The molecule has 1 rings (SSSR count). The van der Waals surface area contributed by atoms with E-state index in [2.05, 4.69) is 10.3 Å². The summed E-state index contributed by atoms with van der Waals surface area (Å²) in [5.41, 5.74) is 2.01. The molecule has 0 aliphatic rings. The number of quaternary nitrogens is 1. The highest BCUT2D eigenvalue weighted by atomic mass is 16.5. The summed E-state index contributed by atoms with van der Waals surface area (Å²) in [6.45, 7) is 11.3. The van der Waals surface area contributed by atoms with Gasteiger partial charge in [0.25, 0.3) is 5.91 Å². The first-order valence-corrected chi connectivity index (χ1v) is 8.62. The molecule has 0 saturated heterocycles. The summed E-state index contributed by atoms with van der Waals surface area (Å²) >= 11 is 0. The molecule has 2 atom stereocenters. The summed E-state index contributed by atoms with van der Waals surface area (Å²) in [5.74, 6) is -0.665. The zero-order valence-corrected chi connectivity index (χ0v) is 16.2. The Labute approximate surface area is 149 Å². The molecule has 0 radical (unpaired) electrons. The molecule has 0 aromatic carbocycles. The summed E-state index contributed by atoms with van der Waals surface area (Å²) in [7, 11) is 1.81. The van der Waals surface area contributed by atoms with E-state index in [0.29, 0.717) is 22.5 Å². The van der Waals surface area contributed by atoms with Crippen molar-refractivity contribution in [2.45, 2.75) is 53.6 Å². The van der Waals surface area contributed by atoms with Gasteiger partial charge in [0.2, 0.25) is 5.78 Å². The van der Waals surface area contributed by atoms with E-state index in [4.69, 9.17) is 4.74 Å². The van der Waals surface area contributed by atoms with E-state index in [1.807, 2.05) is 13.8 Å². The molecule has 25 heavy (non-hydrogen) atoms. The summed E-state index contributed by atoms with van der Waals surface area (Å²) < 4.78 is 5.05. The second kappa shape index (κ2) is 8.80. The average Bonchev–Trinajstić information content (AvgIpc) is 2.79. The number of likely N-dealkylation sites (N-methyl/N-ethyl adjacent to an activating group) is 1. The van der Waals surface area contributed by atoms with Crippen molar-refractivity contribution in [1.82, 2.24) is 10.3 Å². The van der Waals surface area contributed by atoms with Gasteiger partial charge in [-0.25, -0.2) is 4.79 Å². The first-order chi connectivity index (χ1) is 11.6. The molecule has 3 N–H and O–H groups in total. The maximum absolute atomic E-state index is 12.8. The maximum Gasteiger partial charge on any atom is 0.340 e. The van der Waals surface area contributed by atoms with Crippen LogP contribution in [-0.4, -0.2) is 54.9 Å². The molecule has 1 aromatic rings. The van der Waals surface area contributed by atoms with Crippen LogP contribution in [0.5, 0.6) is 0 Å². The minimum Gasteiger partial charge on any atom is -0.462 e. The number of hydrogen-bond donors (Lipinski definition) is 3. The van der Waals surface area contributed by atoms with Gasteiger partial charge in [-0.15, -0.1) is 0 Å². The number of aromatic amines is 1. The van der Waals surface area contributed by atoms with Crippen LogP contribution in [0.2, 0.25) is 0 Å². The first kappa shape index (κ1) is 20.9. The van der Waals surface area contributed by atoms with Gasteiger partial charge in [0.05, 0.1) is 24.9 Å². The van der Waals surface area contributed by atoms with Crippen LogP contribution in [0.15, 0.2) is 0 Å². The van der Waals surface area contributed by atoms with Gasteiger partial charge >= 0.3 is 5.97 Å². The number of hydrogen-bond acceptors (Lipinski definition) is 4. The predicted octanol–water partition coefficient (Wildman–Crippen LogP) is 0.419. The minimum atomic E-state index is -0.433. The van der Waals surface area contributed by atoms with Crippen LogP contribution in [0.25, 0.3) is 0 Å². The van der Waals surface area contributed by atoms with Gasteiger partial charge in [-0.3, -0.25) is 9.59 Å². The molecule has 140 valence electrons. The fourth-order valence-electron chi connectivity index (χ4n) is 2.73. The van der Waals surface area contributed by atoms with Crippen molar-refractivity contribution >= 4 is 17.7 Å². The highest BCUT2D eigenvalue weighted by Crippen LogP contribution is 2.20. The van der Waals surface area contributed by atoms with Crippen molar-refractivity contribution < 1.29 is 24.0 Å². The molecule has 1 amide bonds. The first-order valence-electron chi connectivity index (χ1n) is 8.62. The van der Waals surface area contributed by atoms with Gasteiger partial charge < -0.3 is 19.9 Å². The second-order valence-electron chi connectivity index (χ2n) is 6.68. The molecule has 7 heteroatoms. The second-order valence-corrected chi connectivity index (χ2v) is 6.68. The Morgan fingerprint density at radius 2 is 1.80 bits per heavy atom. The summed E-state index contributed by atoms with van der Waals surface area (Å²) in [6, 6.07) is -0.364. The Hall–Kier alpha value is -2.15. The molecule has 1 unspecified atom stereocenters. The highest BCUT2D eigenvalue weighted by Gasteiger charge is 2.30. The lowest BCUT2D eigenvalue weighted by Gasteiger charge is -2.20. The van der Waals surface area contributed by atoms with Crippen molar-refractivity contribution in [3.63, 3.8) is 0 Å². The lowest BCUT2D eigenvalue weighted by Crippen LogP contribution is -3.14. The molecular formula is C18H30N3O4+. The normalized spacial score (nSPS) is 13.4. The third-order valence-corrected chi connectivity index (χ3v) is 4.18. The van der Waals surface area contributed by atoms with Crippen molar-refractivity contribution in [2.75, 3.05) is 20.2 Å². The summed E-state index contributed by atoms with van der Waals surface area (Å²) in [5, 5.41) is 2.82. The molecule has 0 bridgehead atoms. The van der Waals surface area contributed by atoms with Gasteiger partial charge in [0, 0.05) is 11.7 Å². The quantitative estimate of drug-likeness (QED) is 0.467. The molecule has 0 aliphatic heterocycles. The molecule has 0 spiro atoms. The Balaban J connectivity index is 2.94. The van der Waals surface area contributed by atoms with Crippen molar-refractivity contribution in [3.05, 3.63) is 22.5 Å². The lowest BCUT2D eigenvalue weighted by atomic mass is 10.0. The number of ketones is 1. The molecular weight excluding hydrogens is 322 g/mol. The average molecular weight is 352 g/mol. The van der Waals surface area contributed by atoms with Gasteiger partial charge in [-0.1, -0.05) is 0 Å². The number of aromatic nitrogens is 1. The van der Waals surface area contributed by atoms with E-state index in [1.165, 1.54) is 0 Å². The van der Waals surface area contributed by atoms with Crippen LogP contribution in [0.1, 0.15) is 59.8 Å². The summed E-state index contributed by atoms with van der Waals surface area (Å²) in [6.07, 6.45) is 0. The predicted molar refractivity (Wildman–Crippen MR) is 95.0 cm³/mol. The fraction of sp³-hybridized carbons (Fsp3) is 0.611. The summed E-state index contributed by atoms with van der Waals surface area (Å²) in [4.78, 5) is 40.6. The number of H-pyrrole nitrogens is 1. The smallest absolute Gasteiger partial charge is 0.340 e. The van der Waals surface area contributed by atoms with Gasteiger partial charge in [-0.05, 0) is 47.1 Å². The van der Waals surface area contributed by atoms with Crippen molar-refractivity contribution in [1.29, 1.82) is 0 Å². The molecule has 0 saturated carbocycles. The Morgan fingerprint density at radius 1 is 1.20 bits per heavy atom. The van der Waals surface area contributed by atoms with E-state index in [0.717, 1.165) is 4.90 Å². The number of carbonyl (C=O) groups excluding carboxylic acids is 3. The molecule has 0 aliphatic carbocycles. The maximum atomic E-state index is 12.8. The number of esters is 1. The Bertz CT molecular complexity index is 649. The fourth-order valence-corrected chi connectivity index (χ4v) is 2.73. The lowest BCUT2D eigenvalue weighted by molar-refractivity contribution is -0.885. The number of aryl methyl sites for hydroxylation is 1. The van der Waals surface area contributed by atoms with E-state index < -0.39 is 12.0 Å². The minimum absolute atomic E-state index is 0.0618. The number of carbonyl (C=O) groups is 3. The Kier molecular flexibility index (Phi) is 7.36. The van der Waals surface area contributed by atoms with Crippen LogP contribution in [-0.2, 0) is 9.53 Å². The Morgan fingerprint density at radius 3 is 2.32 bits per heavy atom. The standard InChI is InChI=1S/C18H29N3O4/c1-8-25-18(24)15-11(4)16(20-12(15)5)17(23)13(6)21(7)9-14(22)19-10(2)3/h10,13,20H,8-9H2,1-7H3,(H,19,22)/p+1/t13-/m1/s1. The number of rotatable bonds is 8. The number of ether oxygens (including phenoxy) is 1. The molecule has 7 nitrogen and oxygen atoms in total. The zero-order valence-electron chi connectivity index (χ0n) is 16.2. The monoisotopic (exact) mass is 352 g/mol. The van der Waals surface area contributed by atoms with Gasteiger partial charge in [0.15, 0.2) is 12.6 Å². The van der Waals surface area contributed by atoms with Gasteiger partial charge in [0.1, 0.15) is 0 Å². The van der Waals surface area contributed by atoms with Crippen LogP contribution in [0, 0.1) is 13.8 Å². The zero-order chi connectivity index (χ0) is 19.3. The van der Waals surface area contributed by atoms with Gasteiger partial charge in [-0.2, -0.15) is 0 Å². The molecule has 0 fully saturated rings. The van der Waals surface area contributed by atoms with Crippen LogP contribution < -0.4 is 10.2 Å². The number of amides is 1. The van der Waals surface area contributed by atoms with Crippen molar-refractivity contribution in [3.8, 4) is 0 Å². The van der Waals surface area contributed by atoms with Crippen LogP contribution >= 0.6 is 0 Å². The van der Waals surface area contributed by atoms with E-state index in [-0.39, 0.29) is 30.9 Å². The SMILES string of the molecule is CCOC(=O)c1c(C)[nH]c(C(=O)[C@@H](C)[NH+](C)CC(=O)NC(C)C)c1C. The van der Waals surface area contributed by atoms with E-state index in [9.17, 15) is 14.4 Å². The van der Waals surface area contributed by atoms with Crippen molar-refractivity contribution in [2.24, 2.45) is 0 Å². The third-order valence-electron chi connectivity index (χ3n) is 4.18.